The molecular weight excluding hydrogens is 697 g/mol. The molecule has 0 saturated carbocycles. The Labute approximate surface area is 346 Å². The van der Waals surface area contributed by atoms with E-state index in [1.54, 1.807) is 0 Å². The van der Waals surface area contributed by atoms with Crippen molar-refractivity contribution in [3.63, 3.8) is 0 Å². The highest BCUT2D eigenvalue weighted by atomic mass is 16.5. The second kappa shape index (κ2) is 34.0. The quantitative estimate of drug-likeness (QED) is 0.0491. The molecule has 1 aliphatic rings. The van der Waals surface area contributed by atoms with Gasteiger partial charge in [0.2, 0.25) is 0 Å². The summed E-state index contributed by atoms with van der Waals surface area (Å²) >= 11 is 0. The van der Waals surface area contributed by atoms with Crippen LogP contribution >= 0.6 is 0 Å². The Bertz CT molecular complexity index is 1020. The average Bonchev–Trinajstić information content (AvgIpc) is 3.65. The molecule has 0 N–H and O–H groups in total. The molecule has 326 valence electrons. The van der Waals surface area contributed by atoms with E-state index in [2.05, 4.69) is 55.4 Å². The summed E-state index contributed by atoms with van der Waals surface area (Å²) in [4.78, 5) is 31.4. The van der Waals surface area contributed by atoms with E-state index in [4.69, 9.17) is 14.6 Å². The number of aromatic nitrogens is 2. The van der Waals surface area contributed by atoms with E-state index in [0.717, 1.165) is 75.8 Å². The highest BCUT2D eigenvalue weighted by molar-refractivity contribution is 5.70. The van der Waals surface area contributed by atoms with Gasteiger partial charge in [-0.3, -0.25) is 19.2 Å². The Hall–Kier alpha value is -1.93. The summed E-state index contributed by atoms with van der Waals surface area (Å²) < 4.78 is 14.5. The van der Waals surface area contributed by atoms with Gasteiger partial charge in [-0.2, -0.15) is 5.10 Å². The third-order valence-corrected chi connectivity index (χ3v) is 12.1. The molecule has 2 atom stereocenters. The van der Waals surface area contributed by atoms with Gasteiger partial charge in [0.25, 0.3) is 0 Å². The topological polar surface area (TPSA) is 76.9 Å². The van der Waals surface area contributed by atoms with Crippen molar-refractivity contribution in [2.45, 2.75) is 239 Å². The summed E-state index contributed by atoms with van der Waals surface area (Å²) in [5, 5.41) is 4.72. The van der Waals surface area contributed by atoms with Crippen molar-refractivity contribution in [1.82, 2.24) is 19.6 Å². The predicted molar refractivity (Wildman–Crippen MR) is 235 cm³/mol. The van der Waals surface area contributed by atoms with E-state index in [-0.39, 0.29) is 24.1 Å². The molecule has 0 radical (unpaired) electrons. The van der Waals surface area contributed by atoms with Gasteiger partial charge in [-0.1, -0.05) is 130 Å². The summed E-state index contributed by atoms with van der Waals surface area (Å²) in [6.07, 6.45) is 36.9. The molecule has 0 amide bonds. The number of piperidine rings is 1. The SMILES string of the molecule is CCCCCCCCC(CCCCCC)OC(=O)CCN(CCC(=O)OC(CCCCCC)CCCCCCCC)Cc1cnn(CCC2CCN(C)CC2)c1. The molecule has 2 heterocycles. The first kappa shape index (κ1) is 50.2. The van der Waals surface area contributed by atoms with Crippen LogP contribution in [-0.4, -0.2) is 77.0 Å². The fourth-order valence-electron chi connectivity index (χ4n) is 8.22. The largest absolute Gasteiger partial charge is 0.462 e. The van der Waals surface area contributed by atoms with Crippen molar-refractivity contribution in [3.05, 3.63) is 18.0 Å². The molecule has 1 aromatic heterocycles. The lowest BCUT2D eigenvalue weighted by Gasteiger charge is -2.28. The lowest BCUT2D eigenvalue weighted by molar-refractivity contribution is -0.150. The molecule has 1 fully saturated rings. The highest BCUT2D eigenvalue weighted by Crippen LogP contribution is 2.22. The number of hydrogen-bond acceptors (Lipinski definition) is 7. The Kier molecular flexibility index (Phi) is 30.5. The number of esters is 2. The van der Waals surface area contributed by atoms with Gasteiger partial charge in [-0.05, 0) is 96.7 Å². The number of ether oxygens (including phenoxy) is 2. The maximum atomic E-state index is 13.4. The maximum absolute atomic E-state index is 13.4. The van der Waals surface area contributed by atoms with Crippen LogP contribution in [0.3, 0.4) is 0 Å². The minimum absolute atomic E-state index is 0.0117. The lowest BCUT2D eigenvalue weighted by Crippen LogP contribution is -2.31. The van der Waals surface area contributed by atoms with Gasteiger partial charge in [0.15, 0.2) is 0 Å². The first-order valence-corrected chi connectivity index (χ1v) is 24.2. The van der Waals surface area contributed by atoms with Crippen molar-refractivity contribution in [2.75, 3.05) is 33.2 Å². The molecule has 8 nitrogen and oxygen atoms in total. The molecule has 1 aromatic rings. The molecule has 8 heteroatoms. The minimum atomic E-state index is -0.107. The van der Waals surface area contributed by atoms with E-state index in [9.17, 15) is 9.59 Å². The van der Waals surface area contributed by atoms with E-state index in [1.807, 2.05) is 6.20 Å². The van der Waals surface area contributed by atoms with Crippen molar-refractivity contribution >= 4 is 11.9 Å². The smallest absolute Gasteiger partial charge is 0.307 e. The number of nitrogens with zero attached hydrogens (tertiary/aromatic N) is 4. The van der Waals surface area contributed by atoms with Crippen LogP contribution in [0, 0.1) is 5.92 Å². The van der Waals surface area contributed by atoms with Crippen LogP contribution in [0.25, 0.3) is 0 Å². The van der Waals surface area contributed by atoms with Crippen LogP contribution in [0.1, 0.15) is 219 Å². The van der Waals surface area contributed by atoms with Crippen LogP contribution in [0.5, 0.6) is 0 Å². The van der Waals surface area contributed by atoms with Gasteiger partial charge in [0.1, 0.15) is 12.2 Å². The van der Waals surface area contributed by atoms with E-state index < -0.39 is 0 Å². The van der Waals surface area contributed by atoms with Crippen molar-refractivity contribution < 1.29 is 19.1 Å². The van der Waals surface area contributed by atoms with Crippen LogP contribution in [0.15, 0.2) is 12.4 Å². The summed E-state index contributed by atoms with van der Waals surface area (Å²) in [6.45, 7) is 14.1. The zero-order valence-electron chi connectivity index (χ0n) is 37.6. The maximum Gasteiger partial charge on any atom is 0.307 e. The molecule has 2 rings (SSSR count). The highest BCUT2D eigenvalue weighted by Gasteiger charge is 2.20. The summed E-state index contributed by atoms with van der Waals surface area (Å²) in [6, 6.07) is 0. The number of hydrogen-bond donors (Lipinski definition) is 0. The number of carbonyl (C=O) groups is 2. The summed E-state index contributed by atoms with van der Waals surface area (Å²) in [5.41, 5.74) is 1.13. The number of carbonyl (C=O) groups excluding carboxylic acids is 2. The van der Waals surface area contributed by atoms with Crippen molar-refractivity contribution in [1.29, 1.82) is 0 Å². The lowest BCUT2D eigenvalue weighted by atomic mass is 9.94. The van der Waals surface area contributed by atoms with Gasteiger partial charge in [0.05, 0.1) is 19.0 Å². The third-order valence-electron chi connectivity index (χ3n) is 12.1. The molecule has 0 spiro atoms. The summed E-state index contributed by atoms with van der Waals surface area (Å²) in [7, 11) is 2.22. The number of unbranched alkanes of at least 4 members (excludes halogenated alkanes) is 16. The predicted octanol–water partition coefficient (Wildman–Crippen LogP) is 12.5. The Morgan fingerprint density at radius 1 is 0.661 bits per heavy atom. The monoisotopic (exact) mass is 787 g/mol. The molecule has 56 heavy (non-hydrogen) atoms. The van der Waals surface area contributed by atoms with E-state index in [1.165, 1.54) is 129 Å². The van der Waals surface area contributed by atoms with E-state index in [0.29, 0.717) is 32.5 Å². The number of aryl methyl sites for hydroxylation is 1. The summed E-state index contributed by atoms with van der Waals surface area (Å²) in [5.74, 6) is 0.549. The van der Waals surface area contributed by atoms with Gasteiger partial charge in [-0.25, -0.2) is 0 Å². The first-order valence-electron chi connectivity index (χ1n) is 24.2. The fourth-order valence-corrected chi connectivity index (χ4v) is 8.22. The standard InChI is InChI=1S/C48H90N4O4/c1-6-10-14-18-20-24-28-45(26-22-16-12-8-3)55-47(53)33-37-51(41-44-40-49-52(42-44)39-32-43-30-35-50(5)36-31-43)38-34-48(54)56-46(27-23-17-13-9-4)29-25-21-19-15-11-7-2/h40,42-43,45-46H,6-39,41H2,1-5H3. The molecule has 2 unspecified atom stereocenters. The Balaban J connectivity index is 2.00. The Morgan fingerprint density at radius 3 is 1.52 bits per heavy atom. The van der Waals surface area contributed by atoms with Crippen LogP contribution < -0.4 is 0 Å². The fraction of sp³-hybridized carbons (Fsp3) is 0.896. The molecule has 0 aliphatic carbocycles. The van der Waals surface area contributed by atoms with Gasteiger partial charge >= 0.3 is 11.9 Å². The van der Waals surface area contributed by atoms with Crippen LogP contribution in [-0.2, 0) is 32.2 Å². The van der Waals surface area contributed by atoms with Crippen molar-refractivity contribution in [2.24, 2.45) is 5.92 Å². The normalized spacial score (nSPS) is 15.0. The molecule has 1 aliphatic heterocycles. The molecule has 0 aromatic carbocycles. The first-order chi connectivity index (χ1) is 27.4. The zero-order valence-corrected chi connectivity index (χ0v) is 37.6. The van der Waals surface area contributed by atoms with Crippen LogP contribution in [0.2, 0.25) is 0 Å². The minimum Gasteiger partial charge on any atom is -0.462 e. The zero-order chi connectivity index (χ0) is 40.5. The second-order valence-electron chi connectivity index (χ2n) is 17.5. The average molecular weight is 787 g/mol. The number of rotatable bonds is 37. The van der Waals surface area contributed by atoms with Crippen LogP contribution in [0.4, 0.5) is 0 Å². The van der Waals surface area contributed by atoms with Crippen molar-refractivity contribution in [3.8, 4) is 0 Å². The second-order valence-corrected chi connectivity index (χ2v) is 17.5. The van der Waals surface area contributed by atoms with Gasteiger partial charge < -0.3 is 14.4 Å². The molecule has 1 saturated heterocycles. The van der Waals surface area contributed by atoms with Gasteiger partial charge in [-0.15, -0.1) is 0 Å². The molecular formula is C48H90N4O4. The Morgan fingerprint density at radius 2 is 1.07 bits per heavy atom. The third kappa shape index (κ3) is 26.1. The van der Waals surface area contributed by atoms with Gasteiger partial charge in [0, 0.05) is 37.9 Å². The molecule has 0 bridgehead atoms. The number of likely N-dealkylation sites (tertiary alicyclic amines) is 1. The van der Waals surface area contributed by atoms with E-state index >= 15 is 0 Å².